The fraction of sp³-hybridized carbons (Fsp3) is 0.320. The molecule has 33 heavy (non-hydrogen) atoms. The molecule has 4 aromatic rings. The fourth-order valence-electron chi connectivity index (χ4n) is 3.98. The average molecular weight is 445 g/mol. The number of hydrogen-bond donors (Lipinski definition) is 1. The van der Waals surface area contributed by atoms with E-state index in [1.807, 2.05) is 50.2 Å². The van der Waals surface area contributed by atoms with E-state index in [1.165, 1.54) is 0 Å². The van der Waals surface area contributed by atoms with Gasteiger partial charge in [-0.2, -0.15) is 5.10 Å². The minimum absolute atomic E-state index is 0.0894. The van der Waals surface area contributed by atoms with Crippen LogP contribution in [0.3, 0.4) is 0 Å². The van der Waals surface area contributed by atoms with Crippen molar-refractivity contribution in [2.24, 2.45) is 7.05 Å². The Morgan fingerprint density at radius 1 is 1.00 bits per heavy atom. The molecule has 4 heterocycles. The summed E-state index contributed by atoms with van der Waals surface area (Å²) < 4.78 is 1.72. The number of anilines is 1. The monoisotopic (exact) mass is 444 g/mol. The molecule has 8 heteroatoms. The third-order valence-corrected chi connectivity index (χ3v) is 5.66. The van der Waals surface area contributed by atoms with Crippen LogP contribution >= 0.6 is 0 Å². The van der Waals surface area contributed by atoms with Crippen LogP contribution in [0.1, 0.15) is 26.7 Å². The first-order valence-electron chi connectivity index (χ1n) is 11.3. The molecule has 1 aliphatic rings. The van der Waals surface area contributed by atoms with E-state index < -0.39 is 0 Å². The van der Waals surface area contributed by atoms with Gasteiger partial charge in [-0.3, -0.25) is 19.3 Å². The molecule has 1 amide bonds. The first kappa shape index (κ1) is 22.4. The molecule has 1 saturated heterocycles. The second-order valence-electron chi connectivity index (χ2n) is 7.79. The number of amides is 1. The molecule has 1 N–H and O–H groups in total. The summed E-state index contributed by atoms with van der Waals surface area (Å²) in [6.07, 6.45) is 8.66. The number of pyridine rings is 2. The van der Waals surface area contributed by atoms with Crippen LogP contribution in [0, 0.1) is 0 Å². The fourth-order valence-corrected chi connectivity index (χ4v) is 3.98. The van der Waals surface area contributed by atoms with Crippen molar-refractivity contribution in [1.82, 2.24) is 24.6 Å². The first-order chi connectivity index (χ1) is 16.1. The Morgan fingerprint density at radius 3 is 2.58 bits per heavy atom. The number of likely N-dealkylation sites (tertiary alicyclic amines) is 1. The van der Waals surface area contributed by atoms with Crippen LogP contribution in [0.4, 0.5) is 5.82 Å². The van der Waals surface area contributed by atoms with E-state index in [9.17, 15) is 9.59 Å². The summed E-state index contributed by atoms with van der Waals surface area (Å²) >= 11 is 0. The van der Waals surface area contributed by atoms with Gasteiger partial charge in [-0.25, -0.2) is 4.98 Å². The Hall–Kier alpha value is -3.81. The van der Waals surface area contributed by atoms with Crippen molar-refractivity contribution in [2.45, 2.75) is 26.7 Å². The van der Waals surface area contributed by atoms with E-state index >= 15 is 0 Å². The summed E-state index contributed by atoms with van der Waals surface area (Å²) in [5.41, 5.74) is 2.30. The van der Waals surface area contributed by atoms with Crippen molar-refractivity contribution in [3.05, 3.63) is 59.3 Å². The molecule has 0 atom stereocenters. The Morgan fingerprint density at radius 2 is 1.85 bits per heavy atom. The molecule has 3 aromatic heterocycles. The second-order valence-corrected chi connectivity index (χ2v) is 7.79. The number of aromatic nitrogens is 4. The van der Waals surface area contributed by atoms with E-state index in [2.05, 4.69) is 20.4 Å². The quantitative estimate of drug-likeness (QED) is 0.506. The zero-order chi connectivity index (χ0) is 23.4. The van der Waals surface area contributed by atoms with Crippen molar-refractivity contribution in [2.75, 3.05) is 25.0 Å². The van der Waals surface area contributed by atoms with Crippen LogP contribution in [-0.4, -0.2) is 50.2 Å². The maximum Gasteiger partial charge on any atom is 0.222 e. The summed E-state index contributed by atoms with van der Waals surface area (Å²) in [6, 6.07) is 7.36. The van der Waals surface area contributed by atoms with Gasteiger partial charge >= 0.3 is 0 Å². The minimum atomic E-state index is -0.0894. The van der Waals surface area contributed by atoms with Gasteiger partial charge in [0, 0.05) is 79.0 Å². The van der Waals surface area contributed by atoms with Gasteiger partial charge in [0.1, 0.15) is 5.82 Å². The van der Waals surface area contributed by atoms with Gasteiger partial charge in [-0.15, -0.1) is 0 Å². The molecule has 0 radical (unpaired) electrons. The molecule has 1 fully saturated rings. The molecule has 0 aliphatic carbocycles. The van der Waals surface area contributed by atoms with E-state index in [4.69, 9.17) is 0 Å². The molecule has 1 aromatic carbocycles. The van der Waals surface area contributed by atoms with Crippen LogP contribution in [0.25, 0.3) is 32.8 Å². The number of aryl methyl sites for hydroxylation is 1. The first-order valence-corrected chi connectivity index (χ1v) is 11.3. The van der Waals surface area contributed by atoms with Gasteiger partial charge in [0.25, 0.3) is 0 Å². The third kappa shape index (κ3) is 4.69. The van der Waals surface area contributed by atoms with Gasteiger partial charge in [0.2, 0.25) is 5.91 Å². The largest absolute Gasteiger partial charge is 0.368 e. The smallest absolute Gasteiger partial charge is 0.222 e. The summed E-state index contributed by atoms with van der Waals surface area (Å²) in [5.74, 6) is 0.817. The summed E-state index contributed by atoms with van der Waals surface area (Å²) in [6.45, 7) is 6.03. The van der Waals surface area contributed by atoms with Crippen LogP contribution in [0.15, 0.2) is 53.8 Å². The third-order valence-electron chi connectivity index (χ3n) is 5.66. The average Bonchev–Trinajstić information content (AvgIpc) is 3.43. The van der Waals surface area contributed by atoms with E-state index in [0.717, 1.165) is 29.5 Å². The van der Waals surface area contributed by atoms with Crippen LogP contribution < -0.4 is 10.7 Å². The lowest BCUT2D eigenvalue weighted by Crippen LogP contribution is -2.30. The molecular weight excluding hydrogens is 416 g/mol. The number of nitrogens with zero attached hydrogens (tertiary/aromatic N) is 5. The Bertz CT molecular complexity index is 1360. The van der Waals surface area contributed by atoms with Gasteiger partial charge < -0.3 is 10.2 Å². The number of hydrogen-bond acceptors (Lipinski definition) is 6. The van der Waals surface area contributed by atoms with E-state index in [1.54, 1.807) is 29.3 Å². The SMILES string of the molecule is CC.Cn1cc(-c2cnc3ccc4cnc(NCCN5CCCC5=O)cc4c(=O)c3c2)cn1. The summed E-state index contributed by atoms with van der Waals surface area (Å²) in [7, 11) is 1.85. The lowest BCUT2D eigenvalue weighted by atomic mass is 10.1. The molecule has 0 bridgehead atoms. The highest BCUT2D eigenvalue weighted by Crippen LogP contribution is 2.22. The number of fused-ring (bicyclic) bond motifs is 2. The maximum atomic E-state index is 13.4. The number of carbonyl (C=O) groups is 1. The van der Waals surface area contributed by atoms with Crippen molar-refractivity contribution in [1.29, 1.82) is 0 Å². The molecule has 8 nitrogen and oxygen atoms in total. The van der Waals surface area contributed by atoms with Crippen LogP contribution in [-0.2, 0) is 11.8 Å². The Balaban J connectivity index is 0.00000126. The maximum absolute atomic E-state index is 13.4. The van der Waals surface area contributed by atoms with Crippen molar-refractivity contribution in [3.8, 4) is 11.1 Å². The molecule has 0 spiro atoms. The number of rotatable bonds is 5. The van der Waals surface area contributed by atoms with Gasteiger partial charge in [-0.05, 0) is 24.6 Å². The van der Waals surface area contributed by atoms with E-state index in [-0.39, 0.29) is 11.3 Å². The van der Waals surface area contributed by atoms with Crippen LogP contribution in [0.2, 0.25) is 0 Å². The highest BCUT2D eigenvalue weighted by atomic mass is 16.2. The molecular formula is C25H28N6O2. The Kier molecular flexibility index (Phi) is 6.63. The number of nitrogens with one attached hydrogen (secondary N) is 1. The zero-order valence-electron chi connectivity index (χ0n) is 19.2. The van der Waals surface area contributed by atoms with Crippen molar-refractivity contribution < 1.29 is 4.79 Å². The van der Waals surface area contributed by atoms with E-state index in [0.29, 0.717) is 41.6 Å². The van der Waals surface area contributed by atoms with Crippen LogP contribution in [0.5, 0.6) is 0 Å². The highest BCUT2D eigenvalue weighted by molar-refractivity contribution is 5.93. The second kappa shape index (κ2) is 9.77. The standard InChI is InChI=1S/C23H22N6O2.C2H6/c1-28-14-17(13-27-28)16-9-19-20(25-12-16)5-4-15-11-26-21(10-18(15)23(19)31)24-6-8-29-7-2-3-22(29)30;1-2/h4-5,9-14H,2-3,6-8H2,1H3,(H,24,26);1-2H3. The molecule has 170 valence electrons. The highest BCUT2D eigenvalue weighted by Gasteiger charge is 2.19. The normalized spacial score (nSPS) is 13.3. The molecule has 1 aliphatic heterocycles. The zero-order valence-corrected chi connectivity index (χ0v) is 19.2. The van der Waals surface area contributed by atoms with Crippen molar-refractivity contribution in [3.63, 3.8) is 0 Å². The molecule has 5 rings (SSSR count). The minimum Gasteiger partial charge on any atom is -0.368 e. The Labute approximate surface area is 192 Å². The topological polar surface area (TPSA) is 93.0 Å². The lowest BCUT2D eigenvalue weighted by Gasteiger charge is -2.15. The number of carbonyl (C=O) groups excluding carboxylic acids is 1. The predicted octanol–water partition coefficient (Wildman–Crippen LogP) is 3.60. The lowest BCUT2D eigenvalue weighted by molar-refractivity contribution is -0.127. The molecule has 0 saturated carbocycles. The summed E-state index contributed by atoms with van der Waals surface area (Å²) in [4.78, 5) is 35.9. The molecule has 0 unspecified atom stereocenters. The predicted molar refractivity (Wildman–Crippen MR) is 131 cm³/mol. The van der Waals surface area contributed by atoms with Crippen molar-refractivity contribution >= 4 is 33.4 Å². The summed E-state index contributed by atoms with van der Waals surface area (Å²) in [5, 5.41) is 9.33. The van der Waals surface area contributed by atoms with Gasteiger partial charge in [-0.1, -0.05) is 19.9 Å². The van der Waals surface area contributed by atoms with Gasteiger partial charge in [0.15, 0.2) is 5.43 Å². The van der Waals surface area contributed by atoms with Gasteiger partial charge in [0.05, 0.1) is 11.7 Å².